The van der Waals surface area contributed by atoms with Gasteiger partial charge in [0, 0.05) is 79.4 Å². The Labute approximate surface area is 696 Å². The summed E-state index contributed by atoms with van der Waals surface area (Å²) in [7, 11) is -2.71. The van der Waals surface area contributed by atoms with Crippen LogP contribution in [0.4, 0.5) is 43.7 Å². The Morgan fingerprint density at radius 1 is 0.763 bits per heavy atom. The number of rotatable bonds is 27. The molecule has 1 unspecified atom stereocenters. The number of phenolic OH excluding ortho intramolecular Hbond substituents is 1. The molecule has 29 nitrogen and oxygen atoms in total. The number of nitrogens with one attached hydrogen (secondary N) is 7. The minimum Gasteiger partial charge on any atom is -0.505 e. The van der Waals surface area contributed by atoms with Gasteiger partial charge in [-0.2, -0.15) is 5.26 Å². The van der Waals surface area contributed by atoms with Gasteiger partial charge in [0.2, 0.25) is 42.6 Å². The highest BCUT2D eigenvalue weighted by atomic mass is 35.5. The number of sulfonamides is 2. The fourth-order valence-electron chi connectivity index (χ4n) is 12.1. The largest absolute Gasteiger partial charge is 0.505 e. The number of nitrogens with zero attached hydrogens (tertiary/aromatic N) is 7. The van der Waals surface area contributed by atoms with Crippen LogP contribution in [0.25, 0.3) is 16.9 Å². The molecule has 4 heterocycles. The molecule has 0 fully saturated rings. The van der Waals surface area contributed by atoms with Crippen LogP contribution in [0, 0.1) is 18.3 Å². The SMILES string of the molecule is CCc1[nH]n2nc(C(C)C)nc2c1Oc1ccc(C(=O)NCCCOc2ccc(C(C)(C)CC)cc2C(C)(C)CC)cc1.CN(C)C(=O)Oc1cc(NC(=O)c2ccccc2NS(C)(=O)=O)c(O)c2c1NC(=O)CC2(C)C.Cc1ccc(N(C)C(=O)Oc2sc(C(C#N)C(=O)Nc3cc(NS(C)(=O)=O)ccc3Cl)nc2-c2ccccc2)cc1. The van der Waals surface area contributed by atoms with Crippen molar-refractivity contribution in [1.82, 2.24) is 35.0 Å². The number of hydrogen-bond donors (Lipinski definition) is 8. The van der Waals surface area contributed by atoms with Crippen LogP contribution in [-0.2, 0) is 52.3 Å². The Hall–Kier alpha value is -12.1. The Morgan fingerprint density at radius 2 is 1.42 bits per heavy atom. The molecule has 0 bridgehead atoms. The van der Waals surface area contributed by atoms with E-state index in [0.717, 1.165) is 65.9 Å². The quantitative estimate of drug-likeness (QED) is 0.0175. The lowest BCUT2D eigenvalue weighted by Crippen LogP contribution is -2.34. The molecule has 118 heavy (non-hydrogen) atoms. The number of halogens is 1. The summed E-state index contributed by atoms with van der Waals surface area (Å²) in [6.07, 6.45) is 4.14. The van der Waals surface area contributed by atoms with E-state index < -0.39 is 55.4 Å². The van der Waals surface area contributed by atoms with Crippen LogP contribution in [0.1, 0.15) is 173 Å². The van der Waals surface area contributed by atoms with Crippen molar-refractivity contribution >= 4 is 119 Å². The van der Waals surface area contributed by atoms with E-state index in [0.29, 0.717) is 59.2 Å². The number of H-pyrrole nitrogens is 1. The van der Waals surface area contributed by atoms with E-state index in [1.54, 1.807) is 98.3 Å². The van der Waals surface area contributed by atoms with E-state index in [4.69, 9.17) is 30.5 Å². The standard InChI is InChI=1S/C35H49N5O3.C28H24ClN5O5S2.C22H26N4O7S/c1-10-28-30(32-37-31(23(4)5)39-40(32)38-28)43-26-17-14-24(15-18-26)33(41)36-20-13-21-42-29-19-16-25(34(6,7)11-2)22-27(29)35(8,9)12-3;1-17-9-12-20(13-10-17)34(2)28(36)39-27-24(18-7-5-4-6-8-18)32-26(40-27)21(16-30)25(35)31-23-15-19(11-14-22(23)29)33-41(3,37)38;1-22(2)11-16(27)24-18-15(33-21(30)26(3)4)10-14(19(28)17(18)22)23-20(29)12-8-6-7-9-13(12)25-34(5,31)32/h14-19,22-23,38H,10-13,20-21H2,1-9H3,(H,36,41);4-15,21,33H,1-3H3,(H,31,35);6-10,25,28H,11H2,1-5H3,(H,23,29)(H,24,27). The zero-order chi connectivity index (χ0) is 86.5. The number of amides is 6. The van der Waals surface area contributed by atoms with E-state index in [1.807, 2.05) is 31.2 Å². The van der Waals surface area contributed by atoms with Gasteiger partial charge in [0.05, 0.1) is 69.9 Å². The first-order valence-electron chi connectivity index (χ1n) is 37.9. The van der Waals surface area contributed by atoms with Crippen molar-refractivity contribution in [3.63, 3.8) is 0 Å². The van der Waals surface area contributed by atoms with Crippen molar-refractivity contribution in [3.8, 4) is 51.1 Å². The number of carbonyl (C=O) groups is 6. The first-order valence-corrected chi connectivity index (χ1v) is 42.9. The number of anilines is 6. The summed E-state index contributed by atoms with van der Waals surface area (Å²) in [4.78, 5) is 88.3. The molecule has 0 saturated heterocycles. The molecule has 0 radical (unpaired) electrons. The predicted octanol–water partition coefficient (Wildman–Crippen LogP) is 16.8. The van der Waals surface area contributed by atoms with Crippen molar-refractivity contribution in [3.05, 3.63) is 201 Å². The van der Waals surface area contributed by atoms with E-state index in [2.05, 4.69) is 131 Å². The monoisotopic (exact) mass is 1690 g/mol. The van der Waals surface area contributed by atoms with Crippen molar-refractivity contribution in [2.24, 2.45) is 0 Å². The van der Waals surface area contributed by atoms with Gasteiger partial charge in [-0.05, 0) is 122 Å². The molecule has 1 aliphatic rings. The number of aromatic amines is 1. The highest BCUT2D eigenvalue weighted by molar-refractivity contribution is 7.92. The van der Waals surface area contributed by atoms with Gasteiger partial charge in [0.15, 0.2) is 23.2 Å². The number of fused-ring (bicyclic) bond motifs is 2. The first-order chi connectivity index (χ1) is 55.5. The molecule has 0 saturated carbocycles. The summed E-state index contributed by atoms with van der Waals surface area (Å²) >= 11 is 7.11. The number of aryl methyl sites for hydroxylation is 2. The molecule has 6 amide bonds. The molecule has 0 spiro atoms. The summed E-state index contributed by atoms with van der Waals surface area (Å²) in [5.74, 6) is -0.492. The Morgan fingerprint density at radius 3 is 2.05 bits per heavy atom. The van der Waals surface area contributed by atoms with Crippen molar-refractivity contribution in [2.45, 2.75) is 143 Å². The van der Waals surface area contributed by atoms with Crippen molar-refractivity contribution < 1.29 is 69.7 Å². The summed E-state index contributed by atoms with van der Waals surface area (Å²) < 4.78 is 76.4. The number of thiazole rings is 1. The van der Waals surface area contributed by atoms with Crippen LogP contribution < -0.4 is 54.6 Å². The summed E-state index contributed by atoms with van der Waals surface area (Å²) in [6, 6.07) is 43.3. The third kappa shape index (κ3) is 22.8. The second-order valence-corrected chi connectivity index (χ2v) is 35.5. The molecular formula is C85H99ClN14O15S3. The van der Waals surface area contributed by atoms with Crippen LogP contribution in [0.15, 0.2) is 146 Å². The lowest BCUT2D eigenvalue weighted by atomic mass is 9.76. The lowest BCUT2D eigenvalue weighted by molar-refractivity contribution is -0.118. The number of benzene rings is 7. The normalized spacial score (nSPS) is 12.7. The number of para-hydroxylation sites is 1. The number of aromatic nitrogens is 5. The highest BCUT2D eigenvalue weighted by Gasteiger charge is 2.39. The Kier molecular flexibility index (Phi) is 28.9. The molecule has 33 heteroatoms. The third-order valence-corrected chi connectivity index (χ3v) is 22.0. The minimum atomic E-state index is -3.66. The number of nitriles is 1. The fraction of sp³-hybridized carbons (Fsp3) is 0.341. The Bertz CT molecular complexity index is 5640. The molecule has 11 rings (SSSR count). The average Bonchev–Trinajstić information content (AvgIpc) is 1.02. The number of carbonyl (C=O) groups excluding carboxylic acids is 6. The van der Waals surface area contributed by atoms with Gasteiger partial charge in [-0.25, -0.2) is 36.4 Å². The zero-order valence-corrected chi connectivity index (χ0v) is 72.1. The number of ether oxygens (including phenoxy) is 4. The van der Waals surface area contributed by atoms with Gasteiger partial charge >= 0.3 is 12.2 Å². The van der Waals surface area contributed by atoms with Crippen LogP contribution in [-0.4, -0.2) is 134 Å². The van der Waals surface area contributed by atoms with Gasteiger partial charge in [-0.15, -0.1) is 9.73 Å². The van der Waals surface area contributed by atoms with Gasteiger partial charge in [-0.1, -0.05) is 171 Å². The van der Waals surface area contributed by atoms with Crippen LogP contribution in [0.5, 0.6) is 33.8 Å². The van der Waals surface area contributed by atoms with Crippen LogP contribution in [0.3, 0.4) is 0 Å². The summed E-state index contributed by atoms with van der Waals surface area (Å²) in [6.45, 7) is 26.2. The first kappa shape index (κ1) is 89.9. The third-order valence-electron chi connectivity index (χ3n) is 19.5. The summed E-state index contributed by atoms with van der Waals surface area (Å²) in [5, 5.41) is 39.8. The van der Waals surface area contributed by atoms with Crippen LogP contribution >= 0.6 is 22.9 Å². The molecular weight excluding hydrogens is 1590 g/mol. The van der Waals surface area contributed by atoms with Crippen LogP contribution in [0.2, 0.25) is 5.02 Å². The second kappa shape index (κ2) is 37.9. The zero-order valence-electron chi connectivity index (χ0n) is 68.9. The summed E-state index contributed by atoms with van der Waals surface area (Å²) in [5.41, 5.74) is 7.25. The van der Waals surface area contributed by atoms with Gasteiger partial charge in [-0.3, -0.25) is 38.6 Å². The highest BCUT2D eigenvalue weighted by Crippen LogP contribution is 2.51. The van der Waals surface area contributed by atoms with E-state index in [1.165, 1.54) is 71.4 Å². The maximum absolute atomic E-state index is 13.2. The van der Waals surface area contributed by atoms with Gasteiger partial charge in [0.1, 0.15) is 28.0 Å². The predicted molar refractivity (Wildman–Crippen MR) is 460 cm³/mol. The van der Waals surface area contributed by atoms with Gasteiger partial charge in [0.25, 0.3) is 11.8 Å². The van der Waals surface area contributed by atoms with E-state index in [9.17, 15) is 56.0 Å². The molecule has 7 aromatic carbocycles. The fourth-order valence-corrected chi connectivity index (χ4v) is 14.4. The maximum Gasteiger partial charge on any atom is 0.420 e. The maximum atomic E-state index is 13.2. The number of phenols is 1. The molecule has 0 aliphatic carbocycles. The smallest absolute Gasteiger partial charge is 0.420 e. The molecule has 1 aliphatic heterocycles. The van der Waals surface area contributed by atoms with Gasteiger partial charge < -0.3 is 50.2 Å². The topological polar surface area (TPSA) is 389 Å². The second-order valence-electron chi connectivity index (χ2n) is 30.6. The molecule has 624 valence electrons. The van der Waals surface area contributed by atoms with Crippen molar-refractivity contribution in [2.75, 3.05) is 77.1 Å². The molecule has 10 aromatic rings. The molecule has 8 N–H and O–H groups in total. The molecule has 3 aromatic heterocycles. The minimum absolute atomic E-state index is 0.00412. The molecule has 1 atom stereocenters. The number of hydrogen-bond acceptors (Lipinski definition) is 20. The van der Waals surface area contributed by atoms with E-state index in [-0.39, 0.29) is 101 Å². The number of aromatic hydroxyl groups is 1. The van der Waals surface area contributed by atoms with E-state index >= 15 is 0 Å². The Balaban J connectivity index is 0.000000203. The average molecular weight is 1690 g/mol. The van der Waals surface area contributed by atoms with Crippen molar-refractivity contribution in [1.29, 1.82) is 5.26 Å². The lowest BCUT2D eigenvalue weighted by Gasteiger charge is -2.34.